The number of fused-ring (bicyclic) bond motifs is 1. The molecular formula is C22H33N3O3. The number of hydrogen-bond acceptors (Lipinski definition) is 5. The first-order chi connectivity index (χ1) is 13.6. The molecule has 2 fully saturated rings. The Morgan fingerprint density at radius 1 is 1.29 bits per heavy atom. The van der Waals surface area contributed by atoms with Gasteiger partial charge in [0.2, 0.25) is 5.91 Å². The van der Waals surface area contributed by atoms with Crippen LogP contribution in [0.25, 0.3) is 0 Å². The van der Waals surface area contributed by atoms with Crippen LogP contribution in [-0.2, 0) is 11.3 Å². The highest BCUT2D eigenvalue weighted by Crippen LogP contribution is 2.37. The molecule has 2 unspecified atom stereocenters. The molecule has 2 atom stereocenters. The highest BCUT2D eigenvalue weighted by Gasteiger charge is 2.41. The summed E-state index contributed by atoms with van der Waals surface area (Å²) in [5, 5.41) is 3.39. The van der Waals surface area contributed by atoms with Crippen molar-refractivity contribution in [2.24, 2.45) is 5.92 Å². The average Bonchev–Trinajstić information content (AvgIpc) is 3.00. The van der Waals surface area contributed by atoms with Crippen LogP contribution in [0.2, 0.25) is 0 Å². The molecule has 0 saturated carbocycles. The number of benzene rings is 1. The van der Waals surface area contributed by atoms with Gasteiger partial charge in [0.25, 0.3) is 0 Å². The summed E-state index contributed by atoms with van der Waals surface area (Å²) in [6.07, 6.45) is 5.07. The molecule has 3 aliphatic rings. The Balaban J connectivity index is 1.65. The third kappa shape index (κ3) is 4.13. The second-order valence-electron chi connectivity index (χ2n) is 8.65. The standard InChI is InChI=1S/C22H33N3O3/c1-24-11-4-8-22(9-12-24)16-25(21(26)17-5-3-10-23-14-17)15-18-13-19(27-2)6-7-20(18)28-22/h6-7,13,17,23H,3-5,8-12,14-16H2,1-2H3. The first kappa shape index (κ1) is 19.5. The van der Waals surface area contributed by atoms with Gasteiger partial charge in [-0.05, 0) is 64.0 Å². The molecule has 2 saturated heterocycles. The number of hydrogen-bond donors (Lipinski definition) is 1. The molecule has 0 aromatic heterocycles. The van der Waals surface area contributed by atoms with E-state index in [9.17, 15) is 4.79 Å². The van der Waals surface area contributed by atoms with E-state index >= 15 is 0 Å². The maximum absolute atomic E-state index is 13.4. The van der Waals surface area contributed by atoms with Gasteiger partial charge in [0.15, 0.2) is 0 Å². The van der Waals surface area contributed by atoms with Gasteiger partial charge < -0.3 is 24.6 Å². The minimum atomic E-state index is -0.303. The lowest BCUT2D eigenvalue weighted by molar-refractivity contribution is -0.139. The number of nitrogens with zero attached hydrogens (tertiary/aromatic N) is 2. The zero-order chi connectivity index (χ0) is 19.6. The Hall–Kier alpha value is -1.79. The third-order valence-electron chi connectivity index (χ3n) is 6.51. The van der Waals surface area contributed by atoms with Crippen molar-refractivity contribution in [1.29, 1.82) is 0 Å². The fraction of sp³-hybridized carbons (Fsp3) is 0.682. The number of likely N-dealkylation sites (tertiary alicyclic amines) is 1. The fourth-order valence-corrected chi connectivity index (χ4v) is 4.82. The minimum absolute atomic E-state index is 0.0754. The Kier molecular flexibility index (Phi) is 5.78. The van der Waals surface area contributed by atoms with Crippen molar-refractivity contribution < 1.29 is 14.3 Å². The van der Waals surface area contributed by atoms with Gasteiger partial charge in [-0.1, -0.05) is 0 Å². The lowest BCUT2D eigenvalue weighted by Gasteiger charge is -2.37. The highest BCUT2D eigenvalue weighted by atomic mass is 16.5. The molecule has 1 aromatic rings. The largest absolute Gasteiger partial charge is 0.497 e. The molecular weight excluding hydrogens is 354 g/mol. The fourth-order valence-electron chi connectivity index (χ4n) is 4.82. The van der Waals surface area contributed by atoms with Gasteiger partial charge in [-0.2, -0.15) is 0 Å². The summed E-state index contributed by atoms with van der Waals surface area (Å²) in [6.45, 7) is 5.16. The molecule has 1 aromatic carbocycles. The van der Waals surface area contributed by atoms with E-state index in [1.54, 1.807) is 7.11 Å². The van der Waals surface area contributed by atoms with Crippen LogP contribution < -0.4 is 14.8 Å². The van der Waals surface area contributed by atoms with Gasteiger partial charge in [0.1, 0.15) is 17.1 Å². The van der Waals surface area contributed by atoms with Crippen LogP contribution in [0.5, 0.6) is 11.5 Å². The predicted octanol–water partition coefficient (Wildman–Crippen LogP) is 2.27. The number of rotatable bonds is 2. The predicted molar refractivity (Wildman–Crippen MR) is 109 cm³/mol. The van der Waals surface area contributed by atoms with Crippen LogP contribution in [0.15, 0.2) is 18.2 Å². The Labute approximate surface area is 168 Å². The van der Waals surface area contributed by atoms with E-state index in [4.69, 9.17) is 9.47 Å². The summed E-state index contributed by atoms with van der Waals surface area (Å²) in [6, 6.07) is 6.00. The molecule has 6 nitrogen and oxygen atoms in total. The van der Waals surface area contributed by atoms with E-state index in [1.807, 2.05) is 18.2 Å². The number of carbonyl (C=O) groups is 1. The molecule has 3 heterocycles. The van der Waals surface area contributed by atoms with Crippen LogP contribution in [0.1, 0.15) is 37.7 Å². The smallest absolute Gasteiger partial charge is 0.227 e. The topological polar surface area (TPSA) is 54.0 Å². The van der Waals surface area contributed by atoms with Crippen molar-refractivity contribution in [2.45, 2.75) is 44.2 Å². The number of methoxy groups -OCH3 is 1. The number of nitrogens with one attached hydrogen (secondary N) is 1. The third-order valence-corrected chi connectivity index (χ3v) is 6.51. The zero-order valence-electron chi connectivity index (χ0n) is 17.2. The zero-order valence-corrected chi connectivity index (χ0v) is 17.2. The second-order valence-corrected chi connectivity index (χ2v) is 8.65. The average molecular weight is 388 g/mol. The molecule has 3 aliphatic heterocycles. The van der Waals surface area contributed by atoms with Gasteiger partial charge in [0, 0.05) is 31.6 Å². The summed E-state index contributed by atoms with van der Waals surface area (Å²) in [5.74, 6) is 2.06. The summed E-state index contributed by atoms with van der Waals surface area (Å²) in [7, 11) is 3.85. The molecule has 0 radical (unpaired) electrons. The first-order valence-corrected chi connectivity index (χ1v) is 10.6. The van der Waals surface area contributed by atoms with Crippen molar-refractivity contribution in [1.82, 2.24) is 15.1 Å². The molecule has 0 bridgehead atoms. The van der Waals surface area contributed by atoms with Gasteiger partial charge in [0.05, 0.1) is 19.6 Å². The summed E-state index contributed by atoms with van der Waals surface area (Å²) in [4.78, 5) is 17.9. The normalized spacial score (nSPS) is 28.8. The Bertz CT molecular complexity index is 704. The Morgan fingerprint density at radius 2 is 2.18 bits per heavy atom. The van der Waals surface area contributed by atoms with Crippen molar-refractivity contribution >= 4 is 5.91 Å². The van der Waals surface area contributed by atoms with Gasteiger partial charge in [-0.3, -0.25) is 4.79 Å². The Morgan fingerprint density at radius 3 is 2.96 bits per heavy atom. The van der Waals surface area contributed by atoms with Crippen molar-refractivity contribution in [3.63, 3.8) is 0 Å². The molecule has 1 amide bonds. The molecule has 154 valence electrons. The van der Waals surface area contributed by atoms with Crippen molar-refractivity contribution in [2.75, 3.05) is 46.9 Å². The van der Waals surface area contributed by atoms with Crippen LogP contribution in [0.4, 0.5) is 0 Å². The molecule has 4 rings (SSSR count). The number of carbonyl (C=O) groups excluding carboxylic acids is 1. The maximum Gasteiger partial charge on any atom is 0.227 e. The van der Waals surface area contributed by atoms with Crippen LogP contribution in [0, 0.1) is 5.92 Å². The van der Waals surface area contributed by atoms with Crippen molar-refractivity contribution in [3.05, 3.63) is 23.8 Å². The van der Waals surface area contributed by atoms with E-state index in [1.165, 1.54) is 0 Å². The molecule has 0 aliphatic carbocycles. The van der Waals surface area contributed by atoms with Gasteiger partial charge in [-0.15, -0.1) is 0 Å². The SMILES string of the molecule is COc1ccc2c(c1)CN(C(=O)C1CCCNC1)CC1(CCCN(C)CC1)O2. The van der Waals surface area contributed by atoms with Crippen molar-refractivity contribution in [3.8, 4) is 11.5 Å². The first-order valence-electron chi connectivity index (χ1n) is 10.6. The van der Waals surface area contributed by atoms with Crippen LogP contribution in [-0.4, -0.2) is 68.2 Å². The number of amides is 1. The summed E-state index contributed by atoms with van der Waals surface area (Å²) in [5.41, 5.74) is 0.744. The van der Waals surface area contributed by atoms with E-state index in [0.29, 0.717) is 13.1 Å². The highest BCUT2D eigenvalue weighted by molar-refractivity contribution is 5.79. The van der Waals surface area contributed by atoms with E-state index < -0.39 is 0 Å². The lowest BCUT2D eigenvalue weighted by Crippen LogP contribution is -2.51. The van der Waals surface area contributed by atoms with Crippen LogP contribution >= 0.6 is 0 Å². The minimum Gasteiger partial charge on any atom is -0.497 e. The van der Waals surface area contributed by atoms with E-state index in [-0.39, 0.29) is 17.4 Å². The van der Waals surface area contributed by atoms with Gasteiger partial charge >= 0.3 is 0 Å². The maximum atomic E-state index is 13.4. The summed E-state index contributed by atoms with van der Waals surface area (Å²) >= 11 is 0. The summed E-state index contributed by atoms with van der Waals surface area (Å²) < 4.78 is 12.1. The lowest BCUT2D eigenvalue weighted by atomic mass is 9.92. The quantitative estimate of drug-likeness (QED) is 0.844. The molecule has 6 heteroatoms. The van der Waals surface area contributed by atoms with Gasteiger partial charge in [-0.25, -0.2) is 0 Å². The van der Waals surface area contributed by atoms with E-state index in [0.717, 1.165) is 75.3 Å². The second kappa shape index (κ2) is 8.29. The number of ether oxygens (including phenoxy) is 2. The number of piperidine rings is 1. The molecule has 1 N–H and O–H groups in total. The van der Waals surface area contributed by atoms with Crippen LogP contribution in [0.3, 0.4) is 0 Å². The molecule has 1 spiro atoms. The monoisotopic (exact) mass is 387 g/mol. The van der Waals surface area contributed by atoms with E-state index in [2.05, 4.69) is 22.2 Å². The molecule has 28 heavy (non-hydrogen) atoms.